The molecule has 23 heavy (non-hydrogen) atoms. The number of aryl methyl sites for hydroxylation is 2. The summed E-state index contributed by atoms with van der Waals surface area (Å²) in [5, 5.41) is 0.552. The molecule has 4 rings (SSSR count). The van der Waals surface area contributed by atoms with Gasteiger partial charge in [-0.25, -0.2) is 4.98 Å². The normalized spacial score (nSPS) is 13.6. The summed E-state index contributed by atoms with van der Waals surface area (Å²) in [5.41, 5.74) is 2.78. The number of aromatic nitrogens is 2. The van der Waals surface area contributed by atoms with E-state index in [2.05, 4.69) is 11.1 Å². The molecule has 0 radical (unpaired) electrons. The van der Waals surface area contributed by atoms with Gasteiger partial charge in [-0.1, -0.05) is 18.2 Å². The summed E-state index contributed by atoms with van der Waals surface area (Å²) < 4.78 is 1.45. The van der Waals surface area contributed by atoms with Crippen LogP contribution in [-0.4, -0.2) is 22.0 Å². The highest BCUT2D eigenvalue weighted by atomic mass is 32.1. The number of anilines is 1. The van der Waals surface area contributed by atoms with Gasteiger partial charge in [-0.2, -0.15) is 0 Å². The number of hydrogen-bond acceptors (Lipinski definition) is 4. The third-order valence-electron chi connectivity index (χ3n) is 4.34. The van der Waals surface area contributed by atoms with Crippen molar-refractivity contribution in [2.75, 3.05) is 11.4 Å². The first-order valence-corrected chi connectivity index (χ1v) is 8.24. The van der Waals surface area contributed by atoms with E-state index in [9.17, 15) is 9.59 Å². The standard InChI is InChI=1S/C17H15N3O2S/c1-10-13-15(18-9-19(2)16(13)21)23-14(10)17(22)20-8-7-11-5-3-4-6-12(11)20/h3-6,9H,7-8H2,1-2H3. The number of carbonyl (C=O) groups excluding carboxylic acids is 1. The second kappa shape index (κ2) is 5.03. The van der Waals surface area contributed by atoms with Gasteiger partial charge in [0.25, 0.3) is 11.5 Å². The lowest BCUT2D eigenvalue weighted by Crippen LogP contribution is -2.28. The summed E-state index contributed by atoms with van der Waals surface area (Å²) in [5.74, 6) is -0.0440. The molecule has 5 nitrogen and oxygen atoms in total. The van der Waals surface area contributed by atoms with Gasteiger partial charge in [-0.05, 0) is 30.5 Å². The molecule has 0 atom stereocenters. The van der Waals surface area contributed by atoms with E-state index in [1.54, 1.807) is 11.9 Å². The second-order valence-corrected chi connectivity index (χ2v) is 6.73. The number of para-hydroxylation sites is 1. The molecule has 0 unspecified atom stereocenters. The molecule has 0 fully saturated rings. The van der Waals surface area contributed by atoms with E-state index in [1.807, 2.05) is 25.1 Å². The molecule has 3 heterocycles. The van der Waals surface area contributed by atoms with Gasteiger partial charge < -0.3 is 9.47 Å². The number of thiophene rings is 1. The topological polar surface area (TPSA) is 55.2 Å². The minimum absolute atomic E-state index is 0.0440. The van der Waals surface area contributed by atoms with Crippen LogP contribution in [0.3, 0.4) is 0 Å². The number of fused-ring (bicyclic) bond motifs is 2. The second-order valence-electron chi connectivity index (χ2n) is 5.73. The van der Waals surface area contributed by atoms with Crippen LogP contribution >= 0.6 is 11.3 Å². The molecular formula is C17H15N3O2S. The third kappa shape index (κ3) is 2.02. The Bertz CT molecular complexity index is 1000. The van der Waals surface area contributed by atoms with Crippen LogP contribution in [0.25, 0.3) is 10.2 Å². The largest absolute Gasteiger partial charge is 0.307 e. The van der Waals surface area contributed by atoms with Crippen LogP contribution in [0.15, 0.2) is 35.4 Å². The molecule has 0 aliphatic carbocycles. The highest BCUT2D eigenvalue weighted by molar-refractivity contribution is 7.20. The highest BCUT2D eigenvalue weighted by Gasteiger charge is 2.28. The Hall–Kier alpha value is -2.47. The molecule has 116 valence electrons. The van der Waals surface area contributed by atoms with Gasteiger partial charge in [0.2, 0.25) is 0 Å². The first kappa shape index (κ1) is 14.1. The Kier molecular flexibility index (Phi) is 3.09. The third-order valence-corrected chi connectivity index (χ3v) is 5.52. The van der Waals surface area contributed by atoms with Gasteiger partial charge in [-0.3, -0.25) is 9.59 Å². The van der Waals surface area contributed by atoms with Crippen molar-refractivity contribution in [3.63, 3.8) is 0 Å². The van der Waals surface area contributed by atoms with Crippen molar-refractivity contribution in [1.82, 2.24) is 9.55 Å². The lowest BCUT2D eigenvalue weighted by Gasteiger charge is -2.16. The molecule has 3 aromatic rings. The first-order valence-electron chi connectivity index (χ1n) is 7.42. The summed E-state index contributed by atoms with van der Waals surface area (Å²) >= 11 is 1.30. The zero-order chi connectivity index (χ0) is 16.1. The Morgan fingerprint density at radius 3 is 2.91 bits per heavy atom. The molecule has 1 amide bonds. The lowest BCUT2D eigenvalue weighted by molar-refractivity contribution is 0.0993. The number of carbonyl (C=O) groups is 1. The summed E-state index contributed by atoms with van der Waals surface area (Å²) in [6.07, 6.45) is 2.37. The average Bonchev–Trinajstić information content (AvgIpc) is 3.12. The minimum atomic E-state index is -0.107. The number of nitrogens with zero attached hydrogens (tertiary/aromatic N) is 3. The summed E-state index contributed by atoms with van der Waals surface area (Å²) in [6, 6.07) is 7.96. The van der Waals surface area contributed by atoms with Crippen molar-refractivity contribution in [3.8, 4) is 0 Å². The lowest BCUT2D eigenvalue weighted by atomic mass is 10.1. The van der Waals surface area contributed by atoms with Gasteiger partial charge in [0.05, 0.1) is 16.6 Å². The zero-order valence-corrected chi connectivity index (χ0v) is 13.7. The van der Waals surface area contributed by atoms with Crippen LogP contribution < -0.4 is 10.5 Å². The predicted octanol–water partition coefficient (Wildman–Crippen LogP) is 2.51. The number of amides is 1. The Morgan fingerprint density at radius 1 is 1.30 bits per heavy atom. The molecule has 0 bridgehead atoms. The van der Waals surface area contributed by atoms with Gasteiger partial charge in [0, 0.05) is 19.3 Å². The van der Waals surface area contributed by atoms with Crippen molar-refractivity contribution in [2.45, 2.75) is 13.3 Å². The quantitative estimate of drug-likeness (QED) is 0.691. The van der Waals surface area contributed by atoms with Crippen molar-refractivity contribution < 1.29 is 4.79 Å². The minimum Gasteiger partial charge on any atom is -0.307 e. The maximum absolute atomic E-state index is 13.0. The van der Waals surface area contributed by atoms with Crippen molar-refractivity contribution in [2.24, 2.45) is 7.05 Å². The Labute approximate surface area is 136 Å². The SMILES string of the molecule is Cc1c(C(=O)N2CCc3ccccc32)sc2ncn(C)c(=O)c12. The predicted molar refractivity (Wildman–Crippen MR) is 91.4 cm³/mol. The number of hydrogen-bond donors (Lipinski definition) is 0. The average molecular weight is 325 g/mol. The molecule has 1 aliphatic heterocycles. The summed E-state index contributed by atoms with van der Waals surface area (Å²) in [4.78, 5) is 32.6. The molecule has 6 heteroatoms. The van der Waals surface area contributed by atoms with Crippen molar-refractivity contribution in [3.05, 3.63) is 57.0 Å². The van der Waals surface area contributed by atoms with E-state index in [4.69, 9.17) is 0 Å². The highest BCUT2D eigenvalue weighted by Crippen LogP contribution is 2.33. The maximum Gasteiger partial charge on any atom is 0.268 e. The van der Waals surface area contributed by atoms with E-state index in [0.29, 0.717) is 21.6 Å². The number of benzene rings is 1. The van der Waals surface area contributed by atoms with E-state index in [1.165, 1.54) is 27.8 Å². The molecule has 0 N–H and O–H groups in total. The van der Waals surface area contributed by atoms with Gasteiger partial charge in [-0.15, -0.1) is 11.3 Å². The van der Waals surface area contributed by atoms with E-state index >= 15 is 0 Å². The van der Waals surface area contributed by atoms with E-state index in [-0.39, 0.29) is 11.5 Å². The molecule has 0 saturated heterocycles. The smallest absolute Gasteiger partial charge is 0.268 e. The van der Waals surface area contributed by atoms with E-state index < -0.39 is 0 Å². The van der Waals surface area contributed by atoms with Gasteiger partial charge in [0.15, 0.2) is 0 Å². The molecule has 0 spiro atoms. The van der Waals surface area contributed by atoms with Crippen molar-refractivity contribution >= 4 is 33.1 Å². The monoisotopic (exact) mass is 325 g/mol. The number of rotatable bonds is 1. The fraction of sp³-hybridized carbons (Fsp3) is 0.235. The fourth-order valence-corrected chi connectivity index (χ4v) is 4.17. The fourth-order valence-electron chi connectivity index (χ4n) is 3.08. The van der Waals surface area contributed by atoms with Crippen LogP contribution in [0.2, 0.25) is 0 Å². The summed E-state index contributed by atoms with van der Waals surface area (Å²) in [6.45, 7) is 2.51. The molecule has 1 aliphatic rings. The first-order chi connectivity index (χ1) is 11.1. The van der Waals surface area contributed by atoms with Crippen LogP contribution in [0.1, 0.15) is 20.8 Å². The van der Waals surface area contributed by atoms with Crippen LogP contribution in [-0.2, 0) is 13.5 Å². The van der Waals surface area contributed by atoms with Gasteiger partial charge >= 0.3 is 0 Å². The zero-order valence-electron chi connectivity index (χ0n) is 12.9. The molecule has 2 aromatic heterocycles. The summed E-state index contributed by atoms with van der Waals surface area (Å²) in [7, 11) is 1.67. The maximum atomic E-state index is 13.0. The van der Waals surface area contributed by atoms with E-state index in [0.717, 1.165) is 17.7 Å². The molecule has 1 aromatic carbocycles. The van der Waals surface area contributed by atoms with Crippen LogP contribution in [0, 0.1) is 6.92 Å². The van der Waals surface area contributed by atoms with Gasteiger partial charge in [0.1, 0.15) is 4.83 Å². The Balaban J connectivity index is 1.84. The van der Waals surface area contributed by atoms with Crippen molar-refractivity contribution in [1.29, 1.82) is 0 Å². The molecular weight excluding hydrogens is 310 g/mol. The van der Waals surface area contributed by atoms with Crippen LogP contribution in [0.4, 0.5) is 5.69 Å². The molecule has 0 saturated carbocycles. The Morgan fingerprint density at radius 2 is 2.09 bits per heavy atom. The van der Waals surface area contributed by atoms with Crippen LogP contribution in [0.5, 0.6) is 0 Å².